The van der Waals surface area contributed by atoms with E-state index in [0.29, 0.717) is 26.1 Å². The van der Waals surface area contributed by atoms with E-state index in [9.17, 15) is 19.5 Å². The number of benzene rings is 3. The molecule has 0 aromatic heterocycles. The number of aliphatic hydroxyl groups is 1. The van der Waals surface area contributed by atoms with E-state index in [0.717, 1.165) is 27.9 Å². The van der Waals surface area contributed by atoms with E-state index in [-0.39, 0.29) is 24.3 Å². The minimum Gasteiger partial charge on any atom is -0.394 e. The van der Waals surface area contributed by atoms with E-state index in [1.54, 1.807) is 14.7 Å². The van der Waals surface area contributed by atoms with Gasteiger partial charge in [0.15, 0.2) is 0 Å². The number of para-hydroxylation sites is 1. The fraction of sp³-hybridized carbons (Fsp3) is 0.342. The van der Waals surface area contributed by atoms with Crippen molar-refractivity contribution in [2.24, 2.45) is 11.8 Å². The highest BCUT2D eigenvalue weighted by atomic mass is 16.5. The Bertz CT molecular complexity index is 1690. The molecule has 3 aromatic carbocycles. The lowest BCUT2D eigenvalue weighted by molar-refractivity contribution is -0.147. The van der Waals surface area contributed by atoms with E-state index in [1.807, 2.05) is 117 Å². The van der Waals surface area contributed by atoms with Gasteiger partial charge in [-0.05, 0) is 42.5 Å². The Morgan fingerprint density at radius 3 is 2.17 bits per heavy atom. The lowest BCUT2D eigenvalue weighted by atomic mass is 9.77. The number of hydrogen-bond donors (Lipinski definition) is 1. The predicted octanol–water partition coefficient (Wildman–Crippen LogP) is 3.99. The summed E-state index contributed by atoms with van der Waals surface area (Å²) in [5.74, 6) is -2.53. The van der Waals surface area contributed by atoms with Crippen LogP contribution < -0.4 is 4.90 Å². The number of aryl methyl sites for hydroxylation is 2. The highest BCUT2D eigenvalue weighted by Gasteiger charge is 2.72. The van der Waals surface area contributed by atoms with Gasteiger partial charge < -0.3 is 24.5 Å². The maximum absolute atomic E-state index is 15.0. The highest BCUT2D eigenvalue weighted by molar-refractivity contribution is 6.06. The molecule has 0 saturated carbocycles. The van der Waals surface area contributed by atoms with E-state index in [2.05, 4.69) is 0 Å². The number of carbonyl (C=O) groups is 3. The van der Waals surface area contributed by atoms with Crippen LogP contribution in [0.5, 0.6) is 0 Å². The van der Waals surface area contributed by atoms with Crippen molar-refractivity contribution < 1.29 is 24.2 Å². The molecule has 4 aliphatic rings. The third kappa shape index (κ3) is 4.87. The van der Waals surface area contributed by atoms with Crippen molar-refractivity contribution in [3.8, 4) is 0 Å². The van der Waals surface area contributed by atoms with Crippen molar-refractivity contribution in [3.63, 3.8) is 0 Å². The lowest BCUT2D eigenvalue weighted by Gasteiger charge is -2.39. The van der Waals surface area contributed by atoms with Gasteiger partial charge in [0.05, 0.1) is 30.6 Å². The molecule has 8 heteroatoms. The summed E-state index contributed by atoms with van der Waals surface area (Å²) >= 11 is 0. The van der Waals surface area contributed by atoms with Crippen molar-refractivity contribution in [1.82, 2.24) is 9.80 Å². The van der Waals surface area contributed by atoms with Crippen LogP contribution in [-0.4, -0.2) is 76.1 Å². The Balaban J connectivity index is 1.33. The molecule has 236 valence electrons. The van der Waals surface area contributed by atoms with Gasteiger partial charge in [-0.15, -0.1) is 0 Å². The van der Waals surface area contributed by atoms with Gasteiger partial charge >= 0.3 is 0 Å². The fourth-order valence-electron chi connectivity index (χ4n) is 8.04. The van der Waals surface area contributed by atoms with Crippen LogP contribution in [0.25, 0.3) is 0 Å². The Labute approximate surface area is 269 Å². The molecule has 0 aliphatic carbocycles. The van der Waals surface area contributed by atoms with Gasteiger partial charge in [0.25, 0.3) is 5.91 Å². The normalized spacial score (nSPS) is 27.7. The Kier molecular flexibility index (Phi) is 7.87. The molecule has 3 aromatic rings. The van der Waals surface area contributed by atoms with Crippen molar-refractivity contribution in [3.05, 3.63) is 125 Å². The first-order valence-corrected chi connectivity index (χ1v) is 16.0. The second-order valence-electron chi connectivity index (χ2n) is 12.8. The third-order valence-electron chi connectivity index (χ3n) is 10.0. The number of anilines is 1. The monoisotopic (exact) mass is 617 g/mol. The summed E-state index contributed by atoms with van der Waals surface area (Å²) in [5.41, 5.74) is 3.23. The van der Waals surface area contributed by atoms with Gasteiger partial charge in [-0.25, -0.2) is 0 Å². The SMILES string of the molecule is Cc1cccc(C)c1N1CC=C[C@]23O[C@H]4C=CCN(Cc5ccccc5)C(=O)[C@H]4[C@H]2C(=O)N([C@@H](CO)Cc2ccccc2)C3C1=O. The van der Waals surface area contributed by atoms with Gasteiger partial charge in [0.2, 0.25) is 11.8 Å². The van der Waals surface area contributed by atoms with Crippen LogP contribution in [0.3, 0.4) is 0 Å². The number of aliphatic hydroxyl groups excluding tert-OH is 1. The molecule has 46 heavy (non-hydrogen) atoms. The van der Waals surface area contributed by atoms with Crippen molar-refractivity contribution >= 4 is 23.4 Å². The maximum atomic E-state index is 15.0. The summed E-state index contributed by atoms with van der Waals surface area (Å²) in [6.45, 7) is 4.69. The number of nitrogens with zero attached hydrogens (tertiary/aromatic N) is 3. The fourth-order valence-corrected chi connectivity index (χ4v) is 8.04. The Morgan fingerprint density at radius 1 is 0.826 bits per heavy atom. The molecule has 0 bridgehead atoms. The summed E-state index contributed by atoms with van der Waals surface area (Å²) in [6.07, 6.45) is 7.26. The maximum Gasteiger partial charge on any atom is 0.253 e. The van der Waals surface area contributed by atoms with Crippen LogP contribution >= 0.6 is 0 Å². The average molecular weight is 618 g/mol. The first-order valence-electron chi connectivity index (χ1n) is 16.0. The summed E-state index contributed by atoms with van der Waals surface area (Å²) < 4.78 is 6.86. The van der Waals surface area contributed by atoms with Gasteiger partial charge in [-0.1, -0.05) is 103 Å². The Hall–Kier alpha value is -4.53. The van der Waals surface area contributed by atoms with Crippen LogP contribution in [0, 0.1) is 25.7 Å². The number of carbonyl (C=O) groups excluding carboxylic acids is 3. The summed E-state index contributed by atoms with van der Waals surface area (Å²) in [4.78, 5) is 49.4. The van der Waals surface area contributed by atoms with E-state index < -0.39 is 35.6 Å². The molecule has 8 nitrogen and oxygen atoms in total. The van der Waals surface area contributed by atoms with Crippen LogP contribution in [0.4, 0.5) is 5.69 Å². The smallest absolute Gasteiger partial charge is 0.253 e. The second-order valence-corrected chi connectivity index (χ2v) is 12.8. The molecule has 7 rings (SSSR count). The molecule has 4 aliphatic heterocycles. The molecular weight excluding hydrogens is 578 g/mol. The Morgan fingerprint density at radius 2 is 1.50 bits per heavy atom. The van der Waals surface area contributed by atoms with Crippen molar-refractivity contribution in [2.75, 3.05) is 24.6 Å². The molecule has 1 N–H and O–H groups in total. The van der Waals surface area contributed by atoms with Gasteiger partial charge in [0.1, 0.15) is 11.6 Å². The minimum absolute atomic E-state index is 0.171. The summed E-state index contributed by atoms with van der Waals surface area (Å²) in [5, 5.41) is 10.8. The van der Waals surface area contributed by atoms with Gasteiger partial charge in [-0.3, -0.25) is 14.4 Å². The third-order valence-corrected chi connectivity index (χ3v) is 10.0. The number of fused-ring (bicyclic) bond motifs is 2. The topological polar surface area (TPSA) is 90.4 Å². The molecule has 3 amide bonds. The number of likely N-dealkylation sites (tertiary alicyclic amines) is 1. The molecule has 1 spiro atoms. The molecule has 2 saturated heterocycles. The van der Waals surface area contributed by atoms with Gasteiger partial charge in [-0.2, -0.15) is 0 Å². The first kappa shape index (κ1) is 30.1. The second kappa shape index (κ2) is 12.0. The van der Waals surface area contributed by atoms with E-state index in [1.165, 1.54) is 0 Å². The van der Waals surface area contributed by atoms with E-state index in [4.69, 9.17) is 4.74 Å². The molecule has 6 atom stereocenters. The average Bonchev–Trinajstić information content (AvgIpc) is 3.39. The number of rotatable bonds is 7. The molecular formula is C38H39N3O5. The van der Waals surface area contributed by atoms with Crippen LogP contribution in [0.2, 0.25) is 0 Å². The van der Waals surface area contributed by atoms with Crippen molar-refractivity contribution in [1.29, 1.82) is 0 Å². The summed E-state index contributed by atoms with van der Waals surface area (Å²) in [7, 11) is 0. The standard InChI is InChI=1S/C38H39N3O5/c1-25-12-9-13-26(2)33(25)40-21-11-19-38-32(31-30(46-38)18-10-20-39(35(31)43)23-28-16-7-4-8-17-28)36(44)41(34(38)37(40)45)29(24-42)22-27-14-5-3-6-15-27/h3-19,29-32,34,42H,20-24H2,1-2H3/t29-,30+,31-,32+,34?,38+/m1/s1. The van der Waals surface area contributed by atoms with E-state index >= 15 is 0 Å². The van der Waals surface area contributed by atoms with Crippen LogP contribution in [0.15, 0.2) is 103 Å². The van der Waals surface area contributed by atoms with Crippen LogP contribution in [0.1, 0.15) is 22.3 Å². The number of ether oxygens (including phenoxy) is 1. The highest BCUT2D eigenvalue weighted by Crippen LogP contribution is 2.54. The lowest BCUT2D eigenvalue weighted by Crippen LogP contribution is -2.58. The number of amides is 3. The molecule has 1 unspecified atom stereocenters. The molecule has 4 heterocycles. The van der Waals surface area contributed by atoms with Crippen molar-refractivity contribution in [2.45, 2.75) is 50.6 Å². The largest absolute Gasteiger partial charge is 0.394 e. The zero-order chi connectivity index (χ0) is 32.0. The first-order chi connectivity index (χ1) is 22.3. The quantitative estimate of drug-likeness (QED) is 0.405. The molecule has 2 fully saturated rings. The predicted molar refractivity (Wildman–Crippen MR) is 175 cm³/mol. The zero-order valence-electron chi connectivity index (χ0n) is 26.2. The number of hydrogen-bond acceptors (Lipinski definition) is 5. The zero-order valence-corrected chi connectivity index (χ0v) is 26.2. The summed E-state index contributed by atoms with van der Waals surface area (Å²) in [6, 6.07) is 23.6. The minimum atomic E-state index is -1.38. The molecule has 0 radical (unpaired) electrons. The van der Waals surface area contributed by atoms with Gasteiger partial charge in [0, 0.05) is 25.3 Å². The van der Waals surface area contributed by atoms with Crippen LogP contribution in [-0.2, 0) is 32.1 Å².